The van der Waals surface area contributed by atoms with Gasteiger partial charge in [0.1, 0.15) is 0 Å². The van der Waals surface area contributed by atoms with E-state index in [0.29, 0.717) is 34.7 Å². The molecular weight excluding hydrogens is 300 g/mol. The number of aliphatic imine (C=N–C) groups is 1. The van der Waals surface area contributed by atoms with Gasteiger partial charge in [-0.3, -0.25) is 4.99 Å². The van der Waals surface area contributed by atoms with Gasteiger partial charge in [-0.15, -0.1) is 0 Å². The van der Waals surface area contributed by atoms with Crippen molar-refractivity contribution < 1.29 is 8.78 Å². The average molecular weight is 317 g/mol. The molecule has 2 aromatic rings. The zero-order chi connectivity index (χ0) is 15.7. The number of hydrogen-bond acceptors (Lipinski definition) is 4. The molecule has 0 unspecified atom stereocenters. The quantitative estimate of drug-likeness (QED) is 0.866. The number of nitrogens with one attached hydrogen (secondary N) is 1. The summed E-state index contributed by atoms with van der Waals surface area (Å²) in [5, 5.41) is 0. The van der Waals surface area contributed by atoms with E-state index in [9.17, 15) is 8.78 Å². The van der Waals surface area contributed by atoms with E-state index in [2.05, 4.69) is 31.8 Å². The highest BCUT2D eigenvalue weighted by atomic mass is 19.2. The molecule has 23 heavy (non-hydrogen) atoms. The topological polar surface area (TPSA) is 47.5 Å². The minimum Gasteiger partial charge on any atom is -0.348 e. The molecule has 2 saturated heterocycles. The molecule has 0 radical (unpaired) electrons. The van der Waals surface area contributed by atoms with E-state index in [4.69, 9.17) is 0 Å². The fourth-order valence-corrected chi connectivity index (χ4v) is 4.44. The van der Waals surface area contributed by atoms with Crippen molar-refractivity contribution >= 4 is 16.9 Å². The lowest BCUT2D eigenvalue weighted by Gasteiger charge is -2.23. The molecule has 0 amide bonds. The Hall–Kier alpha value is -2.02. The molecule has 1 aromatic heterocycles. The van der Waals surface area contributed by atoms with Crippen molar-refractivity contribution in [2.75, 3.05) is 33.2 Å². The summed E-state index contributed by atoms with van der Waals surface area (Å²) in [5.41, 5.74) is 0.938. The molecule has 3 aliphatic rings. The van der Waals surface area contributed by atoms with Crippen molar-refractivity contribution in [2.24, 2.45) is 16.8 Å². The van der Waals surface area contributed by atoms with Crippen molar-refractivity contribution in [3.05, 3.63) is 29.6 Å². The van der Waals surface area contributed by atoms with Gasteiger partial charge < -0.3 is 14.8 Å². The first-order valence-corrected chi connectivity index (χ1v) is 7.95. The summed E-state index contributed by atoms with van der Waals surface area (Å²) in [5.74, 6) is 1.04. The summed E-state index contributed by atoms with van der Waals surface area (Å²) < 4.78 is 26.7. The van der Waals surface area contributed by atoms with Crippen molar-refractivity contribution in [3.8, 4) is 0 Å². The molecule has 3 aliphatic heterocycles. The molecule has 5 nitrogen and oxygen atoms in total. The zero-order valence-electron chi connectivity index (χ0n) is 12.8. The zero-order valence-corrected chi connectivity index (χ0v) is 12.8. The smallest absolute Gasteiger partial charge is 0.174 e. The third kappa shape index (κ3) is 1.86. The van der Waals surface area contributed by atoms with Gasteiger partial charge in [0.05, 0.1) is 23.6 Å². The summed E-state index contributed by atoms with van der Waals surface area (Å²) in [6.45, 7) is 4.01. The van der Waals surface area contributed by atoms with Gasteiger partial charge in [0.15, 0.2) is 23.3 Å². The van der Waals surface area contributed by atoms with E-state index in [1.165, 1.54) is 0 Å². The van der Waals surface area contributed by atoms with Gasteiger partial charge in [0.2, 0.25) is 0 Å². The Bertz CT molecular complexity index is 790. The number of H-pyrrole nitrogens is 1. The molecule has 1 N–H and O–H groups in total. The Morgan fingerprint density at radius 1 is 1.17 bits per heavy atom. The summed E-state index contributed by atoms with van der Waals surface area (Å²) in [6, 6.07) is 2.72. The Labute approximate surface area is 132 Å². The van der Waals surface area contributed by atoms with Gasteiger partial charge in [-0.1, -0.05) is 0 Å². The third-order valence-electron chi connectivity index (χ3n) is 5.44. The highest BCUT2D eigenvalue weighted by Gasteiger charge is 2.49. The Balaban J connectivity index is 1.49. The average Bonchev–Trinajstić information content (AvgIpc) is 3.20. The first-order chi connectivity index (χ1) is 11.1. The van der Waals surface area contributed by atoms with E-state index in [1.807, 2.05) is 0 Å². The number of aromatic nitrogens is 2. The monoisotopic (exact) mass is 317 g/mol. The van der Waals surface area contributed by atoms with E-state index in [-0.39, 0.29) is 0 Å². The highest BCUT2D eigenvalue weighted by molar-refractivity contribution is 5.99. The number of halogens is 2. The number of benzene rings is 1. The third-order valence-corrected chi connectivity index (χ3v) is 5.44. The van der Waals surface area contributed by atoms with Crippen molar-refractivity contribution in [2.45, 2.75) is 6.04 Å². The lowest BCUT2D eigenvalue weighted by atomic mass is 9.94. The Morgan fingerprint density at radius 2 is 2.00 bits per heavy atom. The molecule has 1 aromatic carbocycles. The molecule has 0 bridgehead atoms. The predicted molar refractivity (Wildman–Crippen MR) is 82.4 cm³/mol. The molecule has 120 valence electrons. The molecule has 0 spiro atoms. The van der Waals surface area contributed by atoms with Crippen molar-refractivity contribution in [1.82, 2.24) is 19.8 Å². The SMILES string of the molecule is CN1C[C@@H]2CN3C(c4nc5cc(F)c(F)cc5[nH]4)=NC[C@H]3[C@@H]2C1. The van der Waals surface area contributed by atoms with Gasteiger partial charge in [-0.05, 0) is 18.9 Å². The number of nitrogens with zero attached hydrogens (tertiary/aromatic N) is 4. The maximum Gasteiger partial charge on any atom is 0.174 e. The molecule has 0 saturated carbocycles. The van der Waals surface area contributed by atoms with Crippen LogP contribution in [0.3, 0.4) is 0 Å². The Kier molecular flexibility index (Phi) is 2.63. The van der Waals surface area contributed by atoms with Gasteiger partial charge in [-0.2, -0.15) is 0 Å². The van der Waals surface area contributed by atoms with Crippen LogP contribution < -0.4 is 0 Å². The van der Waals surface area contributed by atoms with Crippen LogP contribution in [0.15, 0.2) is 17.1 Å². The molecule has 0 aliphatic carbocycles. The van der Waals surface area contributed by atoms with E-state index in [0.717, 1.165) is 44.1 Å². The number of hydrogen-bond donors (Lipinski definition) is 1. The molecule has 7 heteroatoms. The van der Waals surface area contributed by atoms with Crippen molar-refractivity contribution in [3.63, 3.8) is 0 Å². The maximum absolute atomic E-state index is 13.4. The van der Waals surface area contributed by atoms with Gasteiger partial charge >= 0.3 is 0 Å². The van der Waals surface area contributed by atoms with Gasteiger partial charge in [0, 0.05) is 31.8 Å². The maximum atomic E-state index is 13.4. The first-order valence-electron chi connectivity index (χ1n) is 7.95. The number of fused-ring (bicyclic) bond motifs is 4. The molecule has 2 fully saturated rings. The second-order valence-electron chi connectivity index (χ2n) is 6.90. The summed E-state index contributed by atoms with van der Waals surface area (Å²) >= 11 is 0. The van der Waals surface area contributed by atoms with E-state index >= 15 is 0 Å². The number of imidazole rings is 1. The summed E-state index contributed by atoms with van der Waals surface area (Å²) in [6.07, 6.45) is 0. The standard InChI is InChI=1S/C16H17F2N5/c1-22-5-8-6-23-14(9(8)7-22)4-19-16(23)15-20-12-2-10(17)11(18)3-13(12)21-15/h2-3,8-9,14H,4-7H2,1H3,(H,20,21)/t8-,9-,14+/m1/s1. The number of rotatable bonds is 1. The molecule has 4 heterocycles. The fraction of sp³-hybridized carbons (Fsp3) is 0.500. The number of likely N-dealkylation sites (tertiary alicyclic amines) is 1. The second kappa shape index (κ2) is 4.50. The van der Waals surface area contributed by atoms with Crippen molar-refractivity contribution in [1.29, 1.82) is 0 Å². The fourth-order valence-electron chi connectivity index (χ4n) is 4.44. The van der Waals surface area contributed by atoms with Crippen LogP contribution in [0.2, 0.25) is 0 Å². The number of aromatic amines is 1. The minimum atomic E-state index is -0.875. The van der Waals surface area contributed by atoms with Crippen LogP contribution in [-0.2, 0) is 0 Å². The van der Waals surface area contributed by atoms with Gasteiger partial charge in [0.25, 0.3) is 0 Å². The van der Waals surface area contributed by atoms with Crippen LogP contribution >= 0.6 is 0 Å². The van der Waals surface area contributed by atoms with Crippen LogP contribution in [0.1, 0.15) is 5.82 Å². The van der Waals surface area contributed by atoms with E-state index in [1.54, 1.807) is 0 Å². The molecule has 3 atom stereocenters. The second-order valence-corrected chi connectivity index (χ2v) is 6.90. The number of amidine groups is 1. The highest BCUT2D eigenvalue weighted by Crippen LogP contribution is 2.39. The normalized spacial score (nSPS) is 30.1. The summed E-state index contributed by atoms with van der Waals surface area (Å²) in [7, 11) is 2.17. The lowest BCUT2D eigenvalue weighted by Crippen LogP contribution is -2.37. The molecular formula is C16H17F2N5. The van der Waals surface area contributed by atoms with Crippen LogP contribution in [0.25, 0.3) is 11.0 Å². The largest absolute Gasteiger partial charge is 0.348 e. The van der Waals surface area contributed by atoms with Gasteiger partial charge in [-0.25, -0.2) is 13.8 Å². The predicted octanol–water partition coefficient (Wildman–Crippen LogP) is 1.46. The lowest BCUT2D eigenvalue weighted by molar-refractivity contribution is 0.307. The van der Waals surface area contributed by atoms with Crippen LogP contribution in [0.5, 0.6) is 0 Å². The van der Waals surface area contributed by atoms with Crippen LogP contribution in [0.4, 0.5) is 8.78 Å². The minimum absolute atomic E-state index is 0.432. The van der Waals surface area contributed by atoms with Crippen LogP contribution in [0, 0.1) is 23.5 Å². The van der Waals surface area contributed by atoms with Crippen LogP contribution in [-0.4, -0.2) is 64.9 Å². The first kappa shape index (κ1) is 13.4. The van der Waals surface area contributed by atoms with E-state index < -0.39 is 11.6 Å². The Morgan fingerprint density at radius 3 is 2.87 bits per heavy atom. The molecule has 5 rings (SSSR count). The summed E-state index contributed by atoms with van der Waals surface area (Å²) in [4.78, 5) is 16.9.